The van der Waals surface area contributed by atoms with Gasteiger partial charge in [0, 0.05) is 24.4 Å². The fraction of sp³-hybridized carbons (Fsp3) is 0.433. The van der Waals surface area contributed by atoms with Gasteiger partial charge in [0.05, 0.1) is 6.10 Å². The molecular weight excluding hydrogens is 517 g/mol. The molecule has 0 saturated carbocycles. The molecule has 0 heterocycles. The Kier molecular flexibility index (Phi) is 21.5. The lowest BCUT2D eigenvalue weighted by atomic mass is 10.0. The van der Waals surface area contributed by atoms with E-state index >= 15 is 0 Å². The van der Waals surface area contributed by atoms with Gasteiger partial charge < -0.3 is 13.8 Å². The number of unbranched alkanes of at least 4 members (excludes halogenated alkanes) is 2. The molecule has 0 amide bonds. The van der Waals surface area contributed by atoms with E-state index in [4.69, 9.17) is 13.8 Å². The molecule has 0 N–H and O–H groups in total. The largest absolute Gasteiger partial charge is 0.461 e. The molecule has 0 aromatic heterocycles. The molecule has 0 aliphatic heterocycles. The summed E-state index contributed by atoms with van der Waals surface area (Å²) in [6.07, 6.45) is 26.9. The molecule has 0 aliphatic rings. The number of allylic oxidation sites excluding steroid dienone is 9. The number of benzene rings is 1. The van der Waals surface area contributed by atoms with Crippen LogP contribution in [0.3, 0.4) is 0 Å². The maximum atomic E-state index is 12.0. The Morgan fingerprint density at radius 1 is 0.973 bits per heavy atom. The first-order valence-corrected chi connectivity index (χ1v) is 16.3. The SMILES string of the molecule is CC/C=C\CC(C)/C=C/C=C\C=C\C=C\C(OPP)C(CCCCCC(=O)OCc1ccccc1)OP. The number of rotatable bonds is 20. The summed E-state index contributed by atoms with van der Waals surface area (Å²) in [5, 5.41) is 0. The van der Waals surface area contributed by atoms with Gasteiger partial charge in [0.2, 0.25) is 0 Å². The lowest BCUT2D eigenvalue weighted by Crippen LogP contribution is -2.25. The number of carbonyl (C=O) groups is 1. The summed E-state index contributed by atoms with van der Waals surface area (Å²) in [7, 11) is 5.29. The molecule has 0 radical (unpaired) electrons. The minimum absolute atomic E-state index is 0.0607. The Bertz CT molecular complexity index is 850. The van der Waals surface area contributed by atoms with Crippen LogP contribution < -0.4 is 0 Å². The van der Waals surface area contributed by atoms with Gasteiger partial charge in [-0.05, 0) is 37.2 Å². The summed E-state index contributed by atoms with van der Waals surface area (Å²) < 4.78 is 16.9. The molecule has 0 spiro atoms. The van der Waals surface area contributed by atoms with Gasteiger partial charge >= 0.3 is 5.97 Å². The number of ether oxygens (including phenoxy) is 1. The first-order valence-electron chi connectivity index (χ1n) is 13.1. The number of esters is 1. The molecule has 7 heteroatoms. The Morgan fingerprint density at radius 3 is 2.35 bits per heavy atom. The fourth-order valence-corrected chi connectivity index (χ4v) is 4.62. The van der Waals surface area contributed by atoms with Gasteiger partial charge in [-0.2, -0.15) is 0 Å². The minimum atomic E-state index is -0.147. The molecule has 6 atom stereocenters. The zero-order valence-corrected chi connectivity index (χ0v) is 25.6. The second-order valence-electron chi connectivity index (χ2n) is 8.75. The van der Waals surface area contributed by atoms with Crippen LogP contribution >= 0.6 is 26.9 Å². The van der Waals surface area contributed by atoms with Crippen LogP contribution in [-0.4, -0.2) is 18.2 Å². The van der Waals surface area contributed by atoms with Crippen LogP contribution in [0.15, 0.2) is 91.1 Å². The van der Waals surface area contributed by atoms with Crippen molar-refractivity contribution in [2.24, 2.45) is 5.92 Å². The molecule has 0 saturated heterocycles. The van der Waals surface area contributed by atoms with Gasteiger partial charge in [-0.3, -0.25) is 4.79 Å². The topological polar surface area (TPSA) is 44.8 Å². The second-order valence-corrected chi connectivity index (χ2v) is 10.2. The van der Waals surface area contributed by atoms with Crippen molar-refractivity contribution in [1.29, 1.82) is 0 Å². The summed E-state index contributed by atoms with van der Waals surface area (Å²) in [4.78, 5) is 12.0. The summed E-state index contributed by atoms with van der Waals surface area (Å²) in [5.74, 6) is 0.394. The van der Waals surface area contributed by atoms with Gasteiger partial charge in [-0.25, -0.2) is 0 Å². The quantitative estimate of drug-likeness (QED) is 0.0524. The molecular formula is C30H45O4P3. The molecule has 0 bridgehead atoms. The van der Waals surface area contributed by atoms with Gasteiger partial charge in [0.1, 0.15) is 12.7 Å². The lowest BCUT2D eigenvalue weighted by Gasteiger charge is -2.22. The molecule has 0 fully saturated rings. The highest BCUT2D eigenvalue weighted by Gasteiger charge is 2.19. The van der Waals surface area contributed by atoms with Crippen molar-refractivity contribution >= 4 is 32.9 Å². The normalized spacial score (nSPS) is 15.2. The van der Waals surface area contributed by atoms with Gasteiger partial charge in [-0.15, -0.1) is 0 Å². The van der Waals surface area contributed by atoms with Crippen molar-refractivity contribution in [3.8, 4) is 0 Å². The molecule has 1 aromatic carbocycles. The Hall–Kier alpha value is -1.40. The Morgan fingerprint density at radius 2 is 1.68 bits per heavy atom. The van der Waals surface area contributed by atoms with E-state index in [-0.39, 0.29) is 18.2 Å². The molecule has 4 nitrogen and oxygen atoms in total. The molecule has 1 aromatic rings. The van der Waals surface area contributed by atoms with E-state index in [0.717, 1.165) is 44.1 Å². The van der Waals surface area contributed by atoms with Crippen molar-refractivity contribution in [2.75, 3.05) is 0 Å². The number of hydrogen-bond acceptors (Lipinski definition) is 4. The maximum absolute atomic E-state index is 12.0. The van der Waals surface area contributed by atoms with Crippen LogP contribution in [0.4, 0.5) is 0 Å². The van der Waals surface area contributed by atoms with Crippen LogP contribution in [-0.2, 0) is 25.2 Å². The van der Waals surface area contributed by atoms with E-state index in [1.807, 2.05) is 60.7 Å². The third-order valence-corrected chi connectivity index (χ3v) is 6.73. The zero-order valence-electron chi connectivity index (χ0n) is 22.3. The Labute approximate surface area is 231 Å². The molecule has 37 heavy (non-hydrogen) atoms. The highest BCUT2D eigenvalue weighted by atomic mass is 32.0. The van der Waals surface area contributed by atoms with Crippen LogP contribution in [0.25, 0.3) is 0 Å². The predicted octanol–water partition coefficient (Wildman–Crippen LogP) is 8.84. The third-order valence-electron chi connectivity index (χ3n) is 5.56. The third kappa shape index (κ3) is 18.5. The van der Waals surface area contributed by atoms with Crippen molar-refractivity contribution in [3.63, 3.8) is 0 Å². The van der Waals surface area contributed by atoms with Crippen LogP contribution in [0.5, 0.6) is 0 Å². The van der Waals surface area contributed by atoms with Gasteiger partial charge in [-0.1, -0.05) is 127 Å². The van der Waals surface area contributed by atoms with E-state index in [0.29, 0.717) is 27.4 Å². The highest BCUT2D eigenvalue weighted by Crippen LogP contribution is 2.28. The maximum Gasteiger partial charge on any atom is 0.306 e. The molecule has 204 valence electrons. The number of hydrogen-bond donors (Lipinski definition) is 0. The summed E-state index contributed by atoms with van der Waals surface area (Å²) in [6, 6.07) is 9.75. The van der Waals surface area contributed by atoms with Crippen LogP contribution in [0.2, 0.25) is 0 Å². The van der Waals surface area contributed by atoms with Crippen LogP contribution in [0, 0.1) is 5.92 Å². The van der Waals surface area contributed by atoms with Crippen molar-refractivity contribution in [2.45, 2.75) is 77.6 Å². The van der Waals surface area contributed by atoms with E-state index in [9.17, 15) is 4.79 Å². The predicted molar refractivity (Wildman–Crippen MR) is 167 cm³/mol. The summed E-state index contributed by atoms with van der Waals surface area (Å²) in [5.41, 5.74) is 1.01. The van der Waals surface area contributed by atoms with Gasteiger partial charge in [0.25, 0.3) is 0 Å². The van der Waals surface area contributed by atoms with Crippen LogP contribution in [0.1, 0.15) is 64.4 Å². The number of carbonyl (C=O) groups excluding carboxylic acids is 1. The highest BCUT2D eigenvalue weighted by molar-refractivity contribution is 8.00. The second kappa shape index (κ2) is 23.7. The van der Waals surface area contributed by atoms with Crippen molar-refractivity contribution in [3.05, 3.63) is 96.7 Å². The van der Waals surface area contributed by atoms with E-state index < -0.39 is 0 Å². The molecule has 1 rings (SSSR count). The van der Waals surface area contributed by atoms with Gasteiger partial charge in [0.15, 0.2) is 0 Å². The van der Waals surface area contributed by atoms with E-state index in [1.54, 1.807) is 0 Å². The lowest BCUT2D eigenvalue weighted by molar-refractivity contribution is -0.145. The van der Waals surface area contributed by atoms with Crippen molar-refractivity contribution in [1.82, 2.24) is 0 Å². The molecule has 0 aliphatic carbocycles. The smallest absolute Gasteiger partial charge is 0.306 e. The standard InChI is InChI=1S/C30H45O4P3/c1-3-4-11-18-26(2)19-12-7-5-6-8-15-23-29(34-37-36)28(33-35)22-16-10-17-24-30(31)32-25-27-20-13-9-14-21-27/h4-9,11-15,19-21,23,26,28-29,37H,3,10,16-18,22,24-25,35-36H2,1-2H3/b7-5-,8-6+,11-4-,19-12+,23-15+. The Balaban J connectivity index is 2.33. The zero-order chi connectivity index (χ0) is 27.0. The van der Waals surface area contributed by atoms with E-state index in [2.05, 4.69) is 62.6 Å². The fourth-order valence-electron chi connectivity index (χ4n) is 3.47. The average Bonchev–Trinajstić information content (AvgIpc) is 2.91. The summed E-state index contributed by atoms with van der Waals surface area (Å²) in [6.45, 7) is 4.71. The minimum Gasteiger partial charge on any atom is -0.461 e. The summed E-state index contributed by atoms with van der Waals surface area (Å²) >= 11 is 0. The van der Waals surface area contributed by atoms with E-state index in [1.165, 1.54) is 0 Å². The first kappa shape index (κ1) is 33.6. The van der Waals surface area contributed by atoms with Crippen molar-refractivity contribution < 1.29 is 18.6 Å². The first-order chi connectivity index (χ1) is 18.1. The average molecular weight is 563 g/mol. The monoisotopic (exact) mass is 562 g/mol. The molecule has 6 unspecified atom stereocenters.